The van der Waals surface area contributed by atoms with E-state index in [4.69, 9.17) is 5.73 Å². The molecule has 1 aromatic rings. The molecule has 0 amide bonds. The molecular formula is C9H14N2O3S. The van der Waals surface area contributed by atoms with Gasteiger partial charge in [0, 0.05) is 5.69 Å². The molecule has 0 aliphatic heterocycles. The molecule has 0 unspecified atom stereocenters. The molecule has 15 heavy (non-hydrogen) atoms. The van der Waals surface area contributed by atoms with Crippen molar-refractivity contribution in [3.05, 3.63) is 24.3 Å². The van der Waals surface area contributed by atoms with Crippen LogP contribution >= 0.6 is 0 Å². The fourth-order valence-electron chi connectivity index (χ4n) is 0.969. The zero-order valence-corrected chi connectivity index (χ0v) is 9.25. The molecule has 0 bridgehead atoms. The Hall–Kier alpha value is -1.27. The lowest BCUT2D eigenvalue weighted by Gasteiger charge is -2.07. The highest BCUT2D eigenvalue weighted by molar-refractivity contribution is 7.88. The van der Waals surface area contributed by atoms with E-state index in [1.165, 1.54) is 6.07 Å². The van der Waals surface area contributed by atoms with Gasteiger partial charge >= 0.3 is 10.3 Å². The van der Waals surface area contributed by atoms with E-state index in [1.807, 2.05) is 6.92 Å². The van der Waals surface area contributed by atoms with Crippen molar-refractivity contribution in [2.75, 3.05) is 17.1 Å². The van der Waals surface area contributed by atoms with Crippen LogP contribution in [0.15, 0.2) is 24.3 Å². The Labute approximate surface area is 89.5 Å². The first-order valence-corrected chi connectivity index (χ1v) is 5.97. The van der Waals surface area contributed by atoms with Crippen LogP contribution in [0.4, 0.5) is 11.4 Å². The number of anilines is 2. The van der Waals surface area contributed by atoms with Gasteiger partial charge in [0.1, 0.15) is 0 Å². The summed E-state index contributed by atoms with van der Waals surface area (Å²) in [5, 5.41) is 0. The maximum Gasteiger partial charge on any atom is 0.359 e. The van der Waals surface area contributed by atoms with Gasteiger partial charge in [-0.2, -0.15) is 8.42 Å². The summed E-state index contributed by atoms with van der Waals surface area (Å²) in [6, 6.07) is 6.45. The van der Waals surface area contributed by atoms with Crippen molar-refractivity contribution in [2.24, 2.45) is 0 Å². The van der Waals surface area contributed by atoms with Gasteiger partial charge in [-0.3, -0.25) is 8.91 Å². The summed E-state index contributed by atoms with van der Waals surface area (Å²) < 4.78 is 29.5. The average Bonchev–Trinajstić information content (AvgIpc) is 2.14. The molecule has 0 atom stereocenters. The van der Waals surface area contributed by atoms with Gasteiger partial charge in [-0.15, -0.1) is 0 Å². The van der Waals surface area contributed by atoms with Crippen molar-refractivity contribution in [1.29, 1.82) is 0 Å². The van der Waals surface area contributed by atoms with Gasteiger partial charge in [0.05, 0.1) is 12.3 Å². The van der Waals surface area contributed by atoms with E-state index in [2.05, 4.69) is 8.91 Å². The van der Waals surface area contributed by atoms with Crippen LogP contribution in [0.25, 0.3) is 0 Å². The summed E-state index contributed by atoms with van der Waals surface area (Å²) in [5.41, 5.74) is 6.39. The first kappa shape index (κ1) is 11.8. The predicted octanol–water partition coefficient (Wildman–Crippen LogP) is 1.35. The molecule has 0 spiro atoms. The minimum Gasteiger partial charge on any atom is -0.399 e. The SMILES string of the molecule is CCCOS(=O)(=O)Nc1cccc(N)c1. The molecule has 0 fully saturated rings. The number of benzene rings is 1. The second-order valence-electron chi connectivity index (χ2n) is 3.00. The molecule has 0 aliphatic rings. The molecule has 0 saturated carbocycles. The van der Waals surface area contributed by atoms with Gasteiger partial charge in [0.25, 0.3) is 0 Å². The summed E-state index contributed by atoms with van der Waals surface area (Å²) in [5.74, 6) is 0. The predicted molar refractivity (Wildman–Crippen MR) is 59.6 cm³/mol. The summed E-state index contributed by atoms with van der Waals surface area (Å²) >= 11 is 0. The minimum absolute atomic E-state index is 0.164. The average molecular weight is 230 g/mol. The Morgan fingerprint density at radius 2 is 2.20 bits per heavy atom. The third-order valence-corrected chi connectivity index (χ3v) is 2.53. The number of nitrogens with one attached hydrogen (secondary N) is 1. The van der Waals surface area contributed by atoms with E-state index >= 15 is 0 Å². The summed E-state index contributed by atoms with van der Waals surface area (Å²) in [7, 11) is -3.72. The topological polar surface area (TPSA) is 81.4 Å². The largest absolute Gasteiger partial charge is 0.399 e. The van der Waals surface area contributed by atoms with Crippen LogP contribution in [-0.4, -0.2) is 15.0 Å². The van der Waals surface area contributed by atoms with Crippen LogP contribution in [0.2, 0.25) is 0 Å². The lowest BCUT2D eigenvalue weighted by molar-refractivity contribution is 0.321. The number of nitrogens with two attached hydrogens (primary N) is 1. The molecule has 3 N–H and O–H groups in total. The highest BCUT2D eigenvalue weighted by Gasteiger charge is 2.09. The van der Waals surface area contributed by atoms with Gasteiger partial charge < -0.3 is 5.73 Å². The van der Waals surface area contributed by atoms with E-state index in [0.29, 0.717) is 17.8 Å². The highest BCUT2D eigenvalue weighted by atomic mass is 32.2. The normalized spacial score (nSPS) is 11.3. The van der Waals surface area contributed by atoms with Crippen LogP contribution < -0.4 is 10.5 Å². The Balaban J connectivity index is 2.69. The summed E-state index contributed by atoms with van der Waals surface area (Å²) in [4.78, 5) is 0. The highest BCUT2D eigenvalue weighted by Crippen LogP contribution is 2.13. The number of rotatable bonds is 5. The van der Waals surface area contributed by atoms with Crippen molar-refractivity contribution < 1.29 is 12.6 Å². The van der Waals surface area contributed by atoms with Gasteiger partial charge in [-0.1, -0.05) is 13.0 Å². The summed E-state index contributed by atoms with van der Waals surface area (Å²) in [6.07, 6.45) is 0.637. The van der Waals surface area contributed by atoms with E-state index in [9.17, 15) is 8.42 Å². The fraction of sp³-hybridized carbons (Fsp3) is 0.333. The minimum atomic E-state index is -3.72. The zero-order chi connectivity index (χ0) is 11.3. The monoisotopic (exact) mass is 230 g/mol. The van der Waals surface area contributed by atoms with E-state index < -0.39 is 10.3 Å². The van der Waals surface area contributed by atoms with Crippen molar-refractivity contribution in [2.45, 2.75) is 13.3 Å². The molecule has 1 rings (SSSR count). The Morgan fingerprint density at radius 1 is 1.47 bits per heavy atom. The third-order valence-electron chi connectivity index (χ3n) is 1.57. The standard InChI is InChI=1S/C9H14N2O3S/c1-2-6-14-15(12,13)11-9-5-3-4-8(10)7-9/h3-5,7,11H,2,6,10H2,1H3. The third kappa shape index (κ3) is 4.18. The number of nitrogen functional groups attached to an aromatic ring is 1. The summed E-state index contributed by atoms with van der Waals surface area (Å²) in [6.45, 7) is 1.99. The lowest BCUT2D eigenvalue weighted by atomic mass is 10.3. The Bertz CT molecular complexity index is 417. The first-order valence-electron chi connectivity index (χ1n) is 4.56. The zero-order valence-electron chi connectivity index (χ0n) is 8.43. The van der Waals surface area contributed by atoms with Crippen LogP contribution in [0, 0.1) is 0 Å². The van der Waals surface area contributed by atoms with Crippen LogP contribution in [0.1, 0.15) is 13.3 Å². The maximum absolute atomic E-state index is 11.3. The van der Waals surface area contributed by atoms with Gasteiger partial charge in [-0.25, -0.2) is 0 Å². The molecule has 0 aliphatic carbocycles. The van der Waals surface area contributed by atoms with Crippen molar-refractivity contribution in [3.63, 3.8) is 0 Å². The second kappa shape index (κ2) is 4.99. The van der Waals surface area contributed by atoms with E-state index in [-0.39, 0.29) is 6.61 Å². The van der Waals surface area contributed by atoms with Gasteiger partial charge in [0.15, 0.2) is 0 Å². The van der Waals surface area contributed by atoms with E-state index in [0.717, 1.165) is 0 Å². The molecule has 0 saturated heterocycles. The maximum atomic E-state index is 11.3. The molecule has 84 valence electrons. The quantitative estimate of drug-likeness (QED) is 0.748. The van der Waals surface area contributed by atoms with Crippen LogP contribution in [-0.2, 0) is 14.5 Å². The lowest BCUT2D eigenvalue weighted by Crippen LogP contribution is -2.16. The Kier molecular flexibility index (Phi) is 3.93. The fourth-order valence-corrected chi connectivity index (χ4v) is 1.83. The molecule has 0 radical (unpaired) electrons. The molecule has 6 heteroatoms. The van der Waals surface area contributed by atoms with Crippen molar-refractivity contribution >= 4 is 21.7 Å². The molecule has 5 nitrogen and oxygen atoms in total. The number of hydrogen-bond acceptors (Lipinski definition) is 4. The first-order chi connectivity index (χ1) is 7.03. The second-order valence-corrected chi connectivity index (χ2v) is 4.35. The molecular weight excluding hydrogens is 216 g/mol. The van der Waals surface area contributed by atoms with Gasteiger partial charge in [-0.05, 0) is 24.6 Å². The smallest absolute Gasteiger partial charge is 0.359 e. The van der Waals surface area contributed by atoms with Gasteiger partial charge in [0.2, 0.25) is 0 Å². The van der Waals surface area contributed by atoms with Crippen molar-refractivity contribution in [3.8, 4) is 0 Å². The molecule has 0 heterocycles. The van der Waals surface area contributed by atoms with Crippen molar-refractivity contribution in [1.82, 2.24) is 0 Å². The van der Waals surface area contributed by atoms with Crippen LogP contribution in [0.5, 0.6) is 0 Å². The molecule has 1 aromatic carbocycles. The molecule has 0 aromatic heterocycles. The van der Waals surface area contributed by atoms with Crippen LogP contribution in [0.3, 0.4) is 0 Å². The Morgan fingerprint density at radius 3 is 2.80 bits per heavy atom. The number of hydrogen-bond donors (Lipinski definition) is 2. The van der Waals surface area contributed by atoms with E-state index in [1.54, 1.807) is 18.2 Å².